The van der Waals surface area contributed by atoms with Gasteiger partial charge in [-0.05, 0) is 31.2 Å². The highest BCUT2D eigenvalue weighted by Gasteiger charge is 2.09. The molecule has 0 spiro atoms. The molecule has 0 fully saturated rings. The van der Waals surface area contributed by atoms with Crippen LogP contribution >= 0.6 is 0 Å². The Bertz CT molecular complexity index is 576. The number of aryl methyl sites for hydroxylation is 1. The van der Waals surface area contributed by atoms with E-state index < -0.39 is 0 Å². The lowest BCUT2D eigenvalue weighted by Gasteiger charge is -2.08. The smallest absolute Gasteiger partial charge is 0.388 e. The van der Waals surface area contributed by atoms with Crippen molar-refractivity contribution >= 4 is 5.69 Å². The molecule has 0 N–H and O–H groups in total. The first kappa shape index (κ1) is 12.9. The molecule has 96 valence electrons. The summed E-state index contributed by atoms with van der Waals surface area (Å²) >= 11 is 0. The van der Waals surface area contributed by atoms with Gasteiger partial charge in [0.2, 0.25) is 5.39 Å². The summed E-state index contributed by atoms with van der Waals surface area (Å²) in [7, 11) is 0. The summed E-state index contributed by atoms with van der Waals surface area (Å²) in [6, 6.07) is 14.9. The number of benzene rings is 2. The quantitative estimate of drug-likeness (QED) is 0.600. The lowest BCUT2D eigenvalue weighted by Crippen LogP contribution is -2.08. The minimum atomic E-state index is 0.462. The van der Waals surface area contributed by atoms with Gasteiger partial charge in [0.1, 0.15) is 24.7 Å². The molecule has 0 aliphatic heterocycles. The predicted molar refractivity (Wildman–Crippen MR) is 73.4 cm³/mol. The van der Waals surface area contributed by atoms with Crippen LogP contribution in [0.4, 0.5) is 5.69 Å². The Morgan fingerprint density at radius 1 is 0.947 bits per heavy atom. The number of diazo groups is 1. The third-order valence-corrected chi connectivity index (χ3v) is 2.64. The van der Waals surface area contributed by atoms with E-state index in [2.05, 4.69) is 4.98 Å². The first-order valence-electron chi connectivity index (χ1n) is 6.06. The summed E-state index contributed by atoms with van der Waals surface area (Å²) < 4.78 is 11.1. The Morgan fingerprint density at radius 3 is 2.26 bits per heavy atom. The van der Waals surface area contributed by atoms with Crippen molar-refractivity contribution in [1.29, 1.82) is 5.39 Å². The molecule has 2 aromatic rings. The van der Waals surface area contributed by atoms with Gasteiger partial charge in [-0.3, -0.25) is 0 Å². The van der Waals surface area contributed by atoms with E-state index in [9.17, 15) is 0 Å². The molecule has 0 aliphatic carbocycles. The number of hydrogen-bond donors (Lipinski definition) is 0. The second kappa shape index (κ2) is 6.41. The van der Waals surface area contributed by atoms with Gasteiger partial charge in [0.15, 0.2) is 4.98 Å². The molecule has 0 unspecified atom stereocenters. The maximum absolute atomic E-state index is 8.71. The molecular weight excluding hydrogens is 240 g/mol. The summed E-state index contributed by atoms with van der Waals surface area (Å²) in [6.07, 6.45) is 0. The normalized spacial score (nSPS) is 9.68. The fraction of sp³-hybridized carbons (Fsp3) is 0.200. The van der Waals surface area contributed by atoms with Gasteiger partial charge < -0.3 is 9.47 Å². The van der Waals surface area contributed by atoms with E-state index in [0.29, 0.717) is 18.9 Å². The molecule has 4 nitrogen and oxygen atoms in total. The van der Waals surface area contributed by atoms with Crippen LogP contribution in [0, 0.1) is 12.3 Å². The topological polar surface area (TPSA) is 46.6 Å². The fourth-order valence-electron chi connectivity index (χ4n) is 1.67. The first-order valence-corrected chi connectivity index (χ1v) is 6.06. The monoisotopic (exact) mass is 255 g/mol. The van der Waals surface area contributed by atoms with Gasteiger partial charge in [-0.25, -0.2) is 0 Å². The molecule has 0 saturated carbocycles. The van der Waals surface area contributed by atoms with E-state index >= 15 is 0 Å². The largest absolute Gasteiger partial charge is 0.490 e. The van der Waals surface area contributed by atoms with Gasteiger partial charge in [0, 0.05) is 11.6 Å². The van der Waals surface area contributed by atoms with Gasteiger partial charge in [0.25, 0.3) is 0 Å². The zero-order valence-corrected chi connectivity index (χ0v) is 10.7. The van der Waals surface area contributed by atoms with Gasteiger partial charge >= 0.3 is 5.69 Å². The zero-order valence-electron chi connectivity index (χ0n) is 10.7. The fourth-order valence-corrected chi connectivity index (χ4v) is 1.67. The van der Waals surface area contributed by atoms with Crippen LogP contribution in [0.1, 0.15) is 5.56 Å². The lowest BCUT2D eigenvalue weighted by molar-refractivity contribution is 0.217. The van der Waals surface area contributed by atoms with Crippen LogP contribution in [0.25, 0.3) is 4.98 Å². The van der Waals surface area contributed by atoms with E-state index in [1.54, 1.807) is 12.1 Å². The number of hydrogen-bond acceptors (Lipinski definition) is 3. The van der Waals surface area contributed by atoms with Crippen molar-refractivity contribution in [3.63, 3.8) is 0 Å². The Morgan fingerprint density at radius 2 is 1.63 bits per heavy atom. The minimum Gasteiger partial charge on any atom is -0.490 e. The Hall–Kier alpha value is -2.54. The van der Waals surface area contributed by atoms with Crippen molar-refractivity contribution in [3.05, 3.63) is 59.1 Å². The van der Waals surface area contributed by atoms with Crippen molar-refractivity contribution < 1.29 is 9.47 Å². The number of nitrogens with zero attached hydrogens (tertiary/aromatic N) is 2. The molecular formula is C15H15N2O2+. The zero-order chi connectivity index (χ0) is 13.5. The van der Waals surface area contributed by atoms with Crippen molar-refractivity contribution in [1.82, 2.24) is 0 Å². The van der Waals surface area contributed by atoms with E-state index in [-0.39, 0.29) is 0 Å². The molecule has 0 heterocycles. The van der Waals surface area contributed by atoms with E-state index in [1.807, 2.05) is 43.3 Å². The van der Waals surface area contributed by atoms with Gasteiger partial charge in [-0.1, -0.05) is 18.2 Å². The van der Waals surface area contributed by atoms with Gasteiger partial charge in [-0.2, -0.15) is 0 Å². The highest BCUT2D eigenvalue weighted by atomic mass is 16.5. The molecule has 2 aromatic carbocycles. The molecule has 0 aromatic heterocycles. The summed E-state index contributed by atoms with van der Waals surface area (Å²) in [5.74, 6) is 1.57. The first-order chi connectivity index (χ1) is 9.29. The van der Waals surface area contributed by atoms with Crippen molar-refractivity contribution in [2.75, 3.05) is 13.2 Å². The number of rotatable bonds is 5. The second-order valence-electron chi connectivity index (χ2n) is 4.06. The highest BCUT2D eigenvalue weighted by Crippen LogP contribution is 2.23. The number of ether oxygens (including phenoxy) is 2. The number of para-hydroxylation sites is 1. The Labute approximate surface area is 112 Å². The lowest BCUT2D eigenvalue weighted by atomic mass is 10.2. The molecule has 0 amide bonds. The van der Waals surface area contributed by atoms with Gasteiger partial charge in [-0.15, -0.1) is 0 Å². The summed E-state index contributed by atoms with van der Waals surface area (Å²) in [5.41, 5.74) is 1.41. The Kier molecular flexibility index (Phi) is 4.35. The van der Waals surface area contributed by atoms with Crippen LogP contribution in [0.3, 0.4) is 0 Å². The summed E-state index contributed by atoms with van der Waals surface area (Å²) in [4.78, 5) is 3.17. The summed E-state index contributed by atoms with van der Waals surface area (Å²) in [5, 5.41) is 8.71. The van der Waals surface area contributed by atoms with Crippen molar-refractivity contribution in [2.45, 2.75) is 6.92 Å². The highest BCUT2D eigenvalue weighted by molar-refractivity contribution is 5.53. The van der Waals surface area contributed by atoms with Gasteiger partial charge in [0.05, 0.1) is 0 Å². The average Bonchev–Trinajstić information content (AvgIpc) is 2.45. The molecule has 0 radical (unpaired) electrons. The molecule has 4 heteroatoms. The molecule has 0 aliphatic rings. The maximum Gasteiger partial charge on any atom is 0.388 e. The second-order valence-corrected chi connectivity index (χ2v) is 4.06. The van der Waals surface area contributed by atoms with Crippen LogP contribution in [0.2, 0.25) is 0 Å². The minimum absolute atomic E-state index is 0.462. The van der Waals surface area contributed by atoms with Crippen LogP contribution in [-0.4, -0.2) is 13.2 Å². The standard InChI is InChI=1S/C15H15N2O2/c1-12-11-14(7-8-15(12)17-16)19-10-9-18-13-5-3-2-4-6-13/h2-8,11H,9-10H2,1H3/q+1. The molecule has 0 saturated heterocycles. The van der Waals surface area contributed by atoms with Crippen LogP contribution in [0.5, 0.6) is 11.5 Å². The third-order valence-electron chi connectivity index (χ3n) is 2.64. The third kappa shape index (κ3) is 3.71. The molecule has 2 rings (SSSR count). The van der Waals surface area contributed by atoms with Crippen LogP contribution < -0.4 is 9.47 Å². The summed E-state index contributed by atoms with van der Waals surface area (Å²) in [6.45, 7) is 2.81. The van der Waals surface area contributed by atoms with Crippen molar-refractivity contribution in [2.24, 2.45) is 0 Å². The van der Waals surface area contributed by atoms with Crippen molar-refractivity contribution in [3.8, 4) is 11.5 Å². The van der Waals surface area contributed by atoms with Crippen LogP contribution in [-0.2, 0) is 0 Å². The molecule has 19 heavy (non-hydrogen) atoms. The van der Waals surface area contributed by atoms with Crippen LogP contribution in [0.15, 0.2) is 48.5 Å². The van der Waals surface area contributed by atoms with E-state index in [4.69, 9.17) is 14.9 Å². The molecule has 0 atom stereocenters. The van der Waals surface area contributed by atoms with E-state index in [1.165, 1.54) is 0 Å². The molecule has 0 bridgehead atoms. The average molecular weight is 255 g/mol. The Balaban J connectivity index is 1.80. The SMILES string of the molecule is Cc1cc(OCCOc2ccccc2)ccc1[N+]#N. The maximum atomic E-state index is 8.71. The van der Waals surface area contributed by atoms with E-state index in [0.717, 1.165) is 17.1 Å². The predicted octanol–water partition coefficient (Wildman–Crippen LogP) is 3.94.